The van der Waals surface area contributed by atoms with E-state index >= 15 is 0 Å². The Bertz CT molecular complexity index is 1190. The molecule has 3 aromatic carbocycles. The van der Waals surface area contributed by atoms with Crippen molar-refractivity contribution >= 4 is 33.8 Å². The molecule has 0 radical (unpaired) electrons. The molecule has 0 saturated heterocycles. The van der Waals surface area contributed by atoms with Gasteiger partial charge in [0.15, 0.2) is 0 Å². The lowest BCUT2D eigenvalue weighted by molar-refractivity contribution is 0.0600. The minimum Gasteiger partial charge on any atom is -0.465 e. The van der Waals surface area contributed by atoms with Crippen LogP contribution in [-0.2, 0) is 14.8 Å². The maximum atomic E-state index is 12.3. The molecular weight excluding hydrogens is 418 g/mol. The number of amides is 1. The van der Waals surface area contributed by atoms with Crippen LogP contribution >= 0.6 is 0 Å². The summed E-state index contributed by atoms with van der Waals surface area (Å²) in [6.45, 7) is 0. The molecule has 0 aliphatic carbocycles. The van der Waals surface area contributed by atoms with Gasteiger partial charge < -0.3 is 4.74 Å². The van der Waals surface area contributed by atoms with Gasteiger partial charge in [-0.3, -0.25) is 9.52 Å². The van der Waals surface area contributed by atoms with Gasteiger partial charge in [0.05, 0.1) is 23.8 Å². The fourth-order valence-electron chi connectivity index (χ4n) is 2.56. The van der Waals surface area contributed by atoms with E-state index in [1.807, 2.05) is 0 Å². The topological polar surface area (TPSA) is 114 Å². The summed E-state index contributed by atoms with van der Waals surface area (Å²) in [5.41, 5.74) is 4.11. The molecule has 9 heteroatoms. The highest BCUT2D eigenvalue weighted by atomic mass is 32.2. The van der Waals surface area contributed by atoms with Gasteiger partial charge in [-0.15, -0.1) is 0 Å². The molecule has 0 fully saturated rings. The summed E-state index contributed by atoms with van der Waals surface area (Å²) in [5, 5.41) is 3.88. The first-order valence-electron chi connectivity index (χ1n) is 9.09. The molecular formula is C22H19N3O5S. The van der Waals surface area contributed by atoms with E-state index in [0.29, 0.717) is 22.4 Å². The van der Waals surface area contributed by atoms with Crippen molar-refractivity contribution < 1.29 is 22.7 Å². The highest BCUT2D eigenvalue weighted by Crippen LogP contribution is 2.16. The molecule has 0 atom stereocenters. The number of sulfonamides is 1. The highest BCUT2D eigenvalue weighted by Gasteiger charge is 2.13. The van der Waals surface area contributed by atoms with Crippen LogP contribution in [0.2, 0.25) is 0 Å². The van der Waals surface area contributed by atoms with Crippen molar-refractivity contribution in [3.05, 3.63) is 95.6 Å². The van der Waals surface area contributed by atoms with E-state index in [-0.39, 0.29) is 4.90 Å². The summed E-state index contributed by atoms with van der Waals surface area (Å²) in [5.74, 6) is -0.897. The number of nitrogens with zero attached hydrogens (tertiary/aromatic N) is 1. The second kappa shape index (κ2) is 9.68. The Balaban J connectivity index is 1.59. The monoisotopic (exact) mass is 437 g/mol. The maximum Gasteiger partial charge on any atom is 0.337 e. The largest absolute Gasteiger partial charge is 0.465 e. The van der Waals surface area contributed by atoms with Crippen LogP contribution in [0.25, 0.3) is 0 Å². The first kappa shape index (κ1) is 21.7. The van der Waals surface area contributed by atoms with Gasteiger partial charge in [-0.05, 0) is 54.1 Å². The number of nitrogens with one attached hydrogen (secondary N) is 2. The fraction of sp³-hybridized carbons (Fsp3) is 0.0455. The number of hydrazone groups is 1. The first-order valence-corrected chi connectivity index (χ1v) is 10.6. The molecule has 3 rings (SSSR count). The van der Waals surface area contributed by atoms with Gasteiger partial charge in [0.25, 0.3) is 15.9 Å². The number of rotatable bonds is 7. The van der Waals surface area contributed by atoms with Crippen LogP contribution < -0.4 is 10.1 Å². The van der Waals surface area contributed by atoms with Crippen LogP contribution in [0.4, 0.5) is 5.69 Å². The van der Waals surface area contributed by atoms with E-state index < -0.39 is 21.9 Å². The third-order valence-corrected chi connectivity index (χ3v) is 5.56. The predicted molar refractivity (Wildman–Crippen MR) is 117 cm³/mol. The van der Waals surface area contributed by atoms with Gasteiger partial charge in [-0.25, -0.2) is 18.6 Å². The minimum absolute atomic E-state index is 0.144. The summed E-state index contributed by atoms with van der Waals surface area (Å²) in [6, 6.07) is 20.4. The lowest BCUT2D eigenvalue weighted by atomic mass is 10.1. The number of carbonyl (C=O) groups is 2. The molecule has 158 valence electrons. The second-order valence-corrected chi connectivity index (χ2v) is 7.99. The number of hydrogen-bond acceptors (Lipinski definition) is 6. The standard InChI is InChI=1S/C22H19N3O5S/c1-30-22(27)18-9-7-16(8-10-18)15-23-24-21(26)17-11-13-19(14-12-17)25-31(28,29)20-5-3-2-4-6-20/h2-15,25H,1H3,(H,24,26)/b23-15-. The number of ether oxygens (including phenoxy) is 1. The van der Waals surface area contributed by atoms with E-state index in [9.17, 15) is 18.0 Å². The number of carbonyl (C=O) groups excluding carboxylic acids is 2. The maximum absolute atomic E-state index is 12.3. The Morgan fingerprint density at radius 2 is 1.48 bits per heavy atom. The van der Waals surface area contributed by atoms with E-state index in [1.54, 1.807) is 42.5 Å². The summed E-state index contributed by atoms with van der Waals surface area (Å²) in [4.78, 5) is 23.8. The molecule has 0 aliphatic heterocycles. The van der Waals surface area contributed by atoms with Crippen molar-refractivity contribution in [2.24, 2.45) is 5.10 Å². The van der Waals surface area contributed by atoms with Crippen LogP contribution in [0.1, 0.15) is 26.3 Å². The number of benzene rings is 3. The van der Waals surface area contributed by atoms with Crippen molar-refractivity contribution in [1.29, 1.82) is 0 Å². The van der Waals surface area contributed by atoms with Crippen molar-refractivity contribution in [3.8, 4) is 0 Å². The lowest BCUT2D eigenvalue weighted by Gasteiger charge is -2.08. The van der Waals surface area contributed by atoms with Gasteiger partial charge in [0, 0.05) is 11.3 Å². The van der Waals surface area contributed by atoms with Gasteiger partial charge in [-0.2, -0.15) is 5.10 Å². The highest BCUT2D eigenvalue weighted by molar-refractivity contribution is 7.92. The minimum atomic E-state index is -3.70. The van der Waals surface area contributed by atoms with Gasteiger partial charge in [-0.1, -0.05) is 30.3 Å². The molecule has 0 unspecified atom stereocenters. The first-order chi connectivity index (χ1) is 14.9. The van der Waals surface area contributed by atoms with Crippen molar-refractivity contribution in [3.63, 3.8) is 0 Å². The molecule has 2 N–H and O–H groups in total. The fourth-order valence-corrected chi connectivity index (χ4v) is 3.64. The molecule has 0 aromatic heterocycles. The Morgan fingerprint density at radius 1 is 0.871 bits per heavy atom. The van der Waals surface area contributed by atoms with Crippen LogP contribution in [0.15, 0.2) is 88.9 Å². The molecule has 0 saturated carbocycles. The molecule has 0 spiro atoms. The molecule has 31 heavy (non-hydrogen) atoms. The quantitative estimate of drug-likeness (QED) is 0.335. The van der Waals surface area contributed by atoms with E-state index in [0.717, 1.165) is 0 Å². The zero-order valence-corrected chi connectivity index (χ0v) is 17.3. The average molecular weight is 437 g/mol. The molecule has 8 nitrogen and oxygen atoms in total. The van der Waals surface area contributed by atoms with E-state index in [4.69, 9.17) is 0 Å². The van der Waals surface area contributed by atoms with Crippen LogP contribution in [-0.4, -0.2) is 33.6 Å². The molecule has 0 bridgehead atoms. The second-order valence-electron chi connectivity index (χ2n) is 6.31. The Labute approximate surface area is 179 Å². The normalized spacial score (nSPS) is 11.1. The number of methoxy groups -OCH3 is 1. The van der Waals surface area contributed by atoms with Crippen LogP contribution in [0.5, 0.6) is 0 Å². The van der Waals surface area contributed by atoms with Gasteiger partial charge in [0.1, 0.15) is 0 Å². The summed E-state index contributed by atoms with van der Waals surface area (Å²) >= 11 is 0. The third kappa shape index (κ3) is 5.77. The SMILES string of the molecule is COC(=O)c1ccc(/C=N\NC(=O)c2ccc(NS(=O)(=O)c3ccccc3)cc2)cc1. The molecule has 0 aliphatic rings. The molecule has 0 heterocycles. The Kier molecular flexibility index (Phi) is 6.78. The molecule has 1 amide bonds. The summed E-state index contributed by atoms with van der Waals surface area (Å²) < 4.78 is 31.8. The van der Waals surface area contributed by atoms with Gasteiger partial charge in [0.2, 0.25) is 0 Å². The predicted octanol–water partition coefficient (Wildman–Crippen LogP) is 3.04. The summed E-state index contributed by atoms with van der Waals surface area (Å²) in [7, 11) is -2.40. The average Bonchev–Trinajstić information content (AvgIpc) is 2.80. The zero-order chi connectivity index (χ0) is 22.3. The van der Waals surface area contributed by atoms with Crippen LogP contribution in [0.3, 0.4) is 0 Å². The van der Waals surface area contributed by atoms with Crippen molar-refractivity contribution in [1.82, 2.24) is 5.43 Å². The van der Waals surface area contributed by atoms with Crippen LogP contribution in [0, 0.1) is 0 Å². The zero-order valence-electron chi connectivity index (χ0n) is 16.5. The van der Waals surface area contributed by atoms with E-state index in [1.165, 1.54) is 49.7 Å². The smallest absolute Gasteiger partial charge is 0.337 e. The third-order valence-electron chi connectivity index (χ3n) is 4.16. The van der Waals surface area contributed by atoms with E-state index in [2.05, 4.69) is 20.0 Å². The van der Waals surface area contributed by atoms with Gasteiger partial charge >= 0.3 is 5.97 Å². The number of esters is 1. The summed E-state index contributed by atoms with van der Waals surface area (Å²) in [6.07, 6.45) is 1.43. The number of anilines is 1. The Morgan fingerprint density at radius 3 is 2.10 bits per heavy atom. The van der Waals surface area contributed by atoms with Crippen molar-refractivity contribution in [2.45, 2.75) is 4.90 Å². The molecule has 3 aromatic rings. The lowest BCUT2D eigenvalue weighted by Crippen LogP contribution is -2.18. The van der Waals surface area contributed by atoms with Crippen molar-refractivity contribution in [2.75, 3.05) is 11.8 Å². The Hall–Kier alpha value is -3.98. The number of hydrogen-bond donors (Lipinski definition) is 2.